The first-order valence-electron chi connectivity index (χ1n) is 6.40. The average molecular weight is 390 g/mol. The summed E-state index contributed by atoms with van der Waals surface area (Å²) in [6.45, 7) is 5.24. The molecule has 0 fully saturated rings. The fourth-order valence-corrected chi connectivity index (χ4v) is 2.83. The quantitative estimate of drug-likeness (QED) is 0.705. The number of furan rings is 1. The molecule has 1 atom stereocenters. The molecule has 0 saturated carbocycles. The van der Waals surface area contributed by atoms with Gasteiger partial charge in [-0.1, -0.05) is 18.5 Å². The Morgan fingerprint density at radius 2 is 2.11 bits per heavy atom. The molecule has 0 aliphatic heterocycles. The molecule has 102 valence electrons. The summed E-state index contributed by atoms with van der Waals surface area (Å²) in [5.41, 5.74) is 0.941. The maximum absolute atomic E-state index is 6.26. The first-order chi connectivity index (χ1) is 9.11. The second kappa shape index (κ2) is 6.77. The summed E-state index contributed by atoms with van der Waals surface area (Å²) in [4.78, 5) is 0. The largest absolute Gasteiger partial charge is 0.459 e. The molecule has 1 N–H and O–H groups in total. The van der Waals surface area contributed by atoms with Crippen molar-refractivity contribution in [3.05, 3.63) is 44.7 Å². The number of halogens is 2. The third-order valence-electron chi connectivity index (χ3n) is 2.95. The molecular formula is C15H17ClINO. The van der Waals surface area contributed by atoms with E-state index in [1.165, 1.54) is 0 Å². The van der Waals surface area contributed by atoms with Gasteiger partial charge in [0.2, 0.25) is 0 Å². The van der Waals surface area contributed by atoms with Gasteiger partial charge in [0.05, 0.1) is 11.1 Å². The second-order valence-electron chi connectivity index (χ2n) is 4.50. The Balaban J connectivity index is 2.20. The molecule has 19 heavy (non-hydrogen) atoms. The predicted octanol–water partition coefficient (Wildman–Crippen LogP) is 5.27. The van der Waals surface area contributed by atoms with Crippen molar-refractivity contribution >= 4 is 34.2 Å². The van der Waals surface area contributed by atoms with Crippen molar-refractivity contribution in [1.29, 1.82) is 0 Å². The van der Waals surface area contributed by atoms with Crippen LogP contribution in [0.25, 0.3) is 11.3 Å². The Morgan fingerprint density at radius 3 is 2.79 bits per heavy atom. The summed E-state index contributed by atoms with van der Waals surface area (Å²) in [6.07, 6.45) is 1.11. The number of hydrogen-bond donors (Lipinski definition) is 1. The van der Waals surface area contributed by atoms with E-state index in [9.17, 15) is 0 Å². The molecule has 2 rings (SSSR count). The van der Waals surface area contributed by atoms with E-state index >= 15 is 0 Å². The van der Waals surface area contributed by atoms with Crippen LogP contribution in [0.5, 0.6) is 0 Å². The first kappa shape index (κ1) is 14.9. The van der Waals surface area contributed by atoms with Crippen LogP contribution >= 0.6 is 34.2 Å². The van der Waals surface area contributed by atoms with Crippen LogP contribution in [-0.2, 0) is 0 Å². The van der Waals surface area contributed by atoms with Gasteiger partial charge in [0.1, 0.15) is 11.5 Å². The average Bonchev–Trinajstić information content (AvgIpc) is 2.85. The van der Waals surface area contributed by atoms with Crippen LogP contribution in [-0.4, -0.2) is 6.54 Å². The van der Waals surface area contributed by atoms with E-state index in [0.29, 0.717) is 0 Å². The molecule has 1 unspecified atom stereocenters. The van der Waals surface area contributed by atoms with Crippen LogP contribution in [0.15, 0.2) is 34.7 Å². The van der Waals surface area contributed by atoms with Gasteiger partial charge < -0.3 is 9.73 Å². The third-order valence-corrected chi connectivity index (χ3v) is 3.93. The van der Waals surface area contributed by atoms with Gasteiger partial charge in [0, 0.05) is 9.13 Å². The lowest BCUT2D eigenvalue weighted by Gasteiger charge is -2.10. The van der Waals surface area contributed by atoms with E-state index in [4.69, 9.17) is 16.0 Å². The highest BCUT2D eigenvalue weighted by Gasteiger charge is 2.12. The molecule has 4 heteroatoms. The van der Waals surface area contributed by atoms with Crippen LogP contribution in [0.1, 0.15) is 32.1 Å². The molecule has 0 aliphatic carbocycles. The third kappa shape index (κ3) is 3.74. The van der Waals surface area contributed by atoms with E-state index in [-0.39, 0.29) is 6.04 Å². The smallest absolute Gasteiger partial charge is 0.135 e. The van der Waals surface area contributed by atoms with Crippen molar-refractivity contribution in [1.82, 2.24) is 5.32 Å². The Morgan fingerprint density at radius 1 is 1.32 bits per heavy atom. The van der Waals surface area contributed by atoms with Crippen molar-refractivity contribution < 1.29 is 4.42 Å². The minimum absolute atomic E-state index is 0.219. The number of benzene rings is 1. The van der Waals surface area contributed by atoms with Gasteiger partial charge in [-0.15, -0.1) is 0 Å². The molecule has 2 aromatic rings. The highest BCUT2D eigenvalue weighted by molar-refractivity contribution is 14.1. The number of hydrogen-bond acceptors (Lipinski definition) is 2. The standard InChI is InChI=1S/C15H17ClINO/c1-3-8-18-10(2)14-6-7-15(19-14)12-5-4-11(17)9-13(12)16/h4-7,9-10,18H,3,8H2,1-2H3. The molecule has 0 spiro atoms. The molecule has 1 heterocycles. The summed E-state index contributed by atoms with van der Waals surface area (Å²) in [5, 5.41) is 4.13. The molecule has 1 aromatic carbocycles. The predicted molar refractivity (Wildman–Crippen MR) is 88.6 cm³/mol. The molecule has 0 bridgehead atoms. The van der Waals surface area contributed by atoms with Gasteiger partial charge in [-0.3, -0.25) is 0 Å². The first-order valence-corrected chi connectivity index (χ1v) is 7.86. The highest BCUT2D eigenvalue weighted by Crippen LogP contribution is 2.31. The monoisotopic (exact) mass is 389 g/mol. The highest BCUT2D eigenvalue weighted by atomic mass is 127. The summed E-state index contributed by atoms with van der Waals surface area (Å²) in [7, 11) is 0. The van der Waals surface area contributed by atoms with Crippen LogP contribution in [0.4, 0.5) is 0 Å². The lowest BCUT2D eigenvalue weighted by molar-refractivity contribution is 0.439. The Labute approximate surface area is 132 Å². The molecule has 0 aliphatic rings. The Kier molecular flexibility index (Phi) is 5.30. The maximum Gasteiger partial charge on any atom is 0.135 e. The van der Waals surface area contributed by atoms with E-state index in [2.05, 4.69) is 41.8 Å². The number of rotatable bonds is 5. The Hall–Kier alpha value is -0.520. The molecule has 2 nitrogen and oxygen atoms in total. The lowest BCUT2D eigenvalue weighted by atomic mass is 10.2. The molecule has 1 aromatic heterocycles. The van der Waals surface area contributed by atoms with Gasteiger partial charge in [-0.05, 0) is 72.8 Å². The summed E-state index contributed by atoms with van der Waals surface area (Å²) in [5.74, 6) is 1.76. The SMILES string of the molecule is CCCNC(C)c1ccc(-c2ccc(I)cc2Cl)o1. The van der Waals surface area contributed by atoms with Gasteiger partial charge in [0.25, 0.3) is 0 Å². The minimum atomic E-state index is 0.219. The number of nitrogens with one attached hydrogen (secondary N) is 1. The summed E-state index contributed by atoms with van der Waals surface area (Å²) in [6, 6.07) is 10.2. The zero-order chi connectivity index (χ0) is 13.8. The lowest BCUT2D eigenvalue weighted by Crippen LogP contribution is -2.18. The van der Waals surface area contributed by atoms with Crippen molar-refractivity contribution in [2.75, 3.05) is 6.54 Å². The van der Waals surface area contributed by atoms with Gasteiger partial charge in [0.15, 0.2) is 0 Å². The van der Waals surface area contributed by atoms with Crippen molar-refractivity contribution in [2.24, 2.45) is 0 Å². The summed E-state index contributed by atoms with van der Waals surface area (Å²) >= 11 is 8.50. The van der Waals surface area contributed by atoms with Crippen LogP contribution in [0, 0.1) is 3.57 Å². The Bertz CT molecular complexity index is 553. The van der Waals surface area contributed by atoms with Crippen LogP contribution < -0.4 is 5.32 Å². The molecule has 0 saturated heterocycles. The molecular weight excluding hydrogens is 373 g/mol. The fourth-order valence-electron chi connectivity index (χ4n) is 1.88. The molecule has 0 radical (unpaired) electrons. The van der Waals surface area contributed by atoms with Crippen LogP contribution in [0.3, 0.4) is 0 Å². The van der Waals surface area contributed by atoms with Crippen LogP contribution in [0.2, 0.25) is 5.02 Å². The zero-order valence-corrected chi connectivity index (χ0v) is 14.0. The topological polar surface area (TPSA) is 25.2 Å². The second-order valence-corrected chi connectivity index (χ2v) is 6.15. The van der Waals surface area contributed by atoms with Gasteiger partial charge in [-0.25, -0.2) is 0 Å². The molecule has 0 amide bonds. The van der Waals surface area contributed by atoms with Crippen molar-refractivity contribution in [3.8, 4) is 11.3 Å². The van der Waals surface area contributed by atoms with Gasteiger partial charge in [-0.2, -0.15) is 0 Å². The normalized spacial score (nSPS) is 12.6. The maximum atomic E-state index is 6.26. The van der Waals surface area contributed by atoms with Crippen molar-refractivity contribution in [3.63, 3.8) is 0 Å². The van der Waals surface area contributed by atoms with E-state index in [1.807, 2.05) is 30.3 Å². The van der Waals surface area contributed by atoms with E-state index in [1.54, 1.807) is 0 Å². The zero-order valence-electron chi connectivity index (χ0n) is 11.0. The van der Waals surface area contributed by atoms with E-state index in [0.717, 1.165) is 38.6 Å². The summed E-state index contributed by atoms with van der Waals surface area (Å²) < 4.78 is 7.02. The minimum Gasteiger partial charge on any atom is -0.459 e. The van der Waals surface area contributed by atoms with Crippen molar-refractivity contribution in [2.45, 2.75) is 26.3 Å². The fraction of sp³-hybridized carbons (Fsp3) is 0.333. The van der Waals surface area contributed by atoms with Gasteiger partial charge >= 0.3 is 0 Å². The van der Waals surface area contributed by atoms with E-state index < -0.39 is 0 Å².